The Labute approximate surface area is 385 Å². The quantitative estimate of drug-likeness (QED) is 0.0268. The lowest BCUT2D eigenvalue weighted by atomic mass is 9.99. The number of unbranched alkanes of at least 4 members (excludes halogenated alkanes) is 23. The number of carbonyl (C=O) groups excluding carboxylic acids is 1. The molecule has 63 heavy (non-hydrogen) atoms. The summed E-state index contributed by atoms with van der Waals surface area (Å²) in [5, 5.41) is 40.2. The van der Waals surface area contributed by atoms with E-state index in [0.717, 1.165) is 77.0 Å². The summed E-state index contributed by atoms with van der Waals surface area (Å²) < 4.78 is 22.9. The highest BCUT2D eigenvalue weighted by Gasteiger charge is 2.44. The fraction of sp³-hybridized carbons (Fsp3) is 0.796. The molecular formula is C54H96O9. The highest BCUT2D eigenvalue weighted by atomic mass is 16.7. The number of allylic oxidation sites excluding steroid dienone is 10. The van der Waals surface area contributed by atoms with Crippen LogP contribution in [0.4, 0.5) is 0 Å². The first-order valence-electron chi connectivity index (χ1n) is 25.9. The van der Waals surface area contributed by atoms with E-state index >= 15 is 0 Å². The van der Waals surface area contributed by atoms with E-state index in [2.05, 4.69) is 74.6 Å². The van der Waals surface area contributed by atoms with Gasteiger partial charge in [0.25, 0.3) is 0 Å². The van der Waals surface area contributed by atoms with Crippen molar-refractivity contribution in [1.82, 2.24) is 0 Å². The summed E-state index contributed by atoms with van der Waals surface area (Å²) in [5.41, 5.74) is 0. The molecule has 9 nitrogen and oxygen atoms in total. The van der Waals surface area contributed by atoms with Gasteiger partial charge in [0.1, 0.15) is 30.5 Å². The van der Waals surface area contributed by atoms with Crippen molar-refractivity contribution < 1.29 is 44.2 Å². The van der Waals surface area contributed by atoms with Gasteiger partial charge in [0.2, 0.25) is 0 Å². The Kier molecular flexibility index (Phi) is 42.1. The lowest BCUT2D eigenvalue weighted by Crippen LogP contribution is -2.59. The molecule has 0 aromatic rings. The number of carbonyl (C=O) groups is 1. The first kappa shape index (κ1) is 58.9. The van der Waals surface area contributed by atoms with Crippen molar-refractivity contribution in [3.8, 4) is 0 Å². The topological polar surface area (TPSA) is 135 Å². The minimum absolute atomic E-state index is 0.123. The standard InChI is InChI=1S/C54H96O9/c1-3-5-7-9-11-13-15-17-19-21-23-24-25-26-28-30-32-34-36-38-40-42-44-60-46-48(47-61-54-53(59)52(58)51(57)49(45-55)63-54)62-50(56)43-41-39-37-35-33-31-29-27-22-20-18-16-14-12-10-8-6-4-2/h14-17,20-23,25-26,48-49,51-55,57-59H,3-13,18-19,24,27-47H2,1-2H3/b16-14-,17-15-,22-20-,23-21-,26-25-. The third-order valence-electron chi connectivity index (χ3n) is 11.7. The van der Waals surface area contributed by atoms with Crippen molar-refractivity contribution in [2.24, 2.45) is 0 Å². The van der Waals surface area contributed by atoms with E-state index < -0.39 is 43.4 Å². The molecule has 0 saturated carbocycles. The van der Waals surface area contributed by atoms with Crippen LogP contribution in [0, 0.1) is 0 Å². The molecule has 1 rings (SSSR count). The van der Waals surface area contributed by atoms with Crippen molar-refractivity contribution >= 4 is 5.97 Å². The highest BCUT2D eigenvalue weighted by Crippen LogP contribution is 2.23. The first-order chi connectivity index (χ1) is 30.9. The van der Waals surface area contributed by atoms with E-state index in [1.165, 1.54) is 116 Å². The largest absolute Gasteiger partial charge is 0.457 e. The zero-order chi connectivity index (χ0) is 45.7. The Hall–Kier alpha value is -2.11. The van der Waals surface area contributed by atoms with Gasteiger partial charge in [-0.25, -0.2) is 0 Å². The summed E-state index contributed by atoms with van der Waals surface area (Å²) >= 11 is 0. The van der Waals surface area contributed by atoms with Gasteiger partial charge in [0.15, 0.2) is 6.29 Å². The number of hydrogen-bond acceptors (Lipinski definition) is 9. The number of aliphatic hydroxyl groups excluding tert-OH is 4. The van der Waals surface area contributed by atoms with Gasteiger partial charge in [-0.2, -0.15) is 0 Å². The molecule has 0 aromatic heterocycles. The molecule has 0 aromatic carbocycles. The van der Waals surface area contributed by atoms with Gasteiger partial charge < -0.3 is 39.4 Å². The van der Waals surface area contributed by atoms with E-state index in [1.807, 2.05) is 0 Å². The molecular weight excluding hydrogens is 793 g/mol. The van der Waals surface area contributed by atoms with Crippen molar-refractivity contribution in [3.63, 3.8) is 0 Å². The van der Waals surface area contributed by atoms with Crippen LogP contribution in [0.5, 0.6) is 0 Å². The van der Waals surface area contributed by atoms with Gasteiger partial charge in [-0.15, -0.1) is 0 Å². The van der Waals surface area contributed by atoms with Crippen molar-refractivity contribution in [1.29, 1.82) is 0 Å². The summed E-state index contributed by atoms with van der Waals surface area (Å²) in [6.07, 6.45) is 51.0. The van der Waals surface area contributed by atoms with Crippen LogP contribution < -0.4 is 0 Å². The molecule has 1 aliphatic heterocycles. The molecule has 0 radical (unpaired) electrons. The van der Waals surface area contributed by atoms with E-state index in [1.54, 1.807) is 0 Å². The Morgan fingerprint density at radius 1 is 0.508 bits per heavy atom. The molecule has 1 aliphatic rings. The minimum atomic E-state index is -1.54. The Balaban J connectivity index is 2.23. The molecule has 366 valence electrons. The van der Waals surface area contributed by atoms with Gasteiger partial charge in [-0.1, -0.05) is 184 Å². The summed E-state index contributed by atoms with van der Waals surface area (Å²) in [6.45, 7) is 4.51. The van der Waals surface area contributed by atoms with Gasteiger partial charge >= 0.3 is 5.97 Å². The number of hydrogen-bond donors (Lipinski definition) is 4. The van der Waals surface area contributed by atoms with Crippen LogP contribution in [0.3, 0.4) is 0 Å². The van der Waals surface area contributed by atoms with Crippen LogP contribution in [0.25, 0.3) is 0 Å². The fourth-order valence-corrected chi connectivity index (χ4v) is 7.59. The van der Waals surface area contributed by atoms with Crippen LogP contribution in [0.1, 0.15) is 213 Å². The Bertz CT molecular complexity index is 1150. The summed E-state index contributed by atoms with van der Waals surface area (Å²) in [4.78, 5) is 12.8. The van der Waals surface area contributed by atoms with Gasteiger partial charge in [0.05, 0.1) is 19.8 Å². The molecule has 0 amide bonds. The maximum Gasteiger partial charge on any atom is 0.306 e. The molecule has 1 saturated heterocycles. The monoisotopic (exact) mass is 889 g/mol. The number of ether oxygens (including phenoxy) is 4. The SMILES string of the molecule is CCCCCC/C=C\C/C=C\CCCCCCCCCC(=O)OC(COCCCCCCCCC/C=C\C/C=C\C/C=C\CCCCCCC)COC1OC(CO)C(O)C(O)C1O. The number of aliphatic hydroxyl groups is 4. The number of esters is 1. The van der Waals surface area contributed by atoms with Crippen LogP contribution in [0.2, 0.25) is 0 Å². The molecule has 1 fully saturated rings. The first-order valence-corrected chi connectivity index (χ1v) is 25.9. The maximum atomic E-state index is 12.8. The number of rotatable bonds is 44. The van der Waals surface area contributed by atoms with Gasteiger partial charge in [-0.3, -0.25) is 4.79 Å². The van der Waals surface area contributed by atoms with Crippen LogP contribution >= 0.6 is 0 Å². The van der Waals surface area contributed by atoms with Crippen LogP contribution in [-0.4, -0.2) is 89.6 Å². The normalized spacial score (nSPS) is 20.1. The third kappa shape index (κ3) is 35.8. The average molecular weight is 889 g/mol. The van der Waals surface area contributed by atoms with Crippen LogP contribution in [0.15, 0.2) is 60.8 Å². The van der Waals surface area contributed by atoms with E-state index in [4.69, 9.17) is 18.9 Å². The average Bonchev–Trinajstić information content (AvgIpc) is 3.28. The minimum Gasteiger partial charge on any atom is -0.457 e. The predicted octanol–water partition coefficient (Wildman–Crippen LogP) is 12.6. The second-order valence-corrected chi connectivity index (χ2v) is 17.6. The van der Waals surface area contributed by atoms with E-state index in [0.29, 0.717) is 13.0 Å². The molecule has 1 heterocycles. The molecule has 6 atom stereocenters. The van der Waals surface area contributed by atoms with Crippen molar-refractivity contribution in [2.75, 3.05) is 26.4 Å². The van der Waals surface area contributed by atoms with Crippen molar-refractivity contribution in [3.05, 3.63) is 60.8 Å². The van der Waals surface area contributed by atoms with Crippen molar-refractivity contribution in [2.45, 2.75) is 250 Å². The van der Waals surface area contributed by atoms with Gasteiger partial charge in [-0.05, 0) is 83.5 Å². The van der Waals surface area contributed by atoms with Gasteiger partial charge in [0, 0.05) is 13.0 Å². The van der Waals surface area contributed by atoms with E-state index in [-0.39, 0.29) is 19.2 Å². The Morgan fingerprint density at radius 2 is 0.921 bits per heavy atom. The zero-order valence-corrected chi connectivity index (χ0v) is 40.3. The molecule has 6 unspecified atom stereocenters. The molecule has 0 spiro atoms. The lowest BCUT2D eigenvalue weighted by molar-refractivity contribution is -0.305. The molecule has 0 aliphatic carbocycles. The Morgan fingerprint density at radius 3 is 1.40 bits per heavy atom. The summed E-state index contributed by atoms with van der Waals surface area (Å²) in [6, 6.07) is 0. The molecule has 9 heteroatoms. The van der Waals surface area contributed by atoms with Crippen LogP contribution in [-0.2, 0) is 23.7 Å². The molecule has 0 bridgehead atoms. The van der Waals surface area contributed by atoms with E-state index in [9.17, 15) is 25.2 Å². The predicted molar refractivity (Wildman–Crippen MR) is 261 cm³/mol. The lowest BCUT2D eigenvalue weighted by Gasteiger charge is -2.39. The fourth-order valence-electron chi connectivity index (χ4n) is 7.59. The zero-order valence-electron chi connectivity index (χ0n) is 40.3. The summed E-state index contributed by atoms with van der Waals surface area (Å²) in [7, 11) is 0. The highest BCUT2D eigenvalue weighted by molar-refractivity contribution is 5.69. The second kappa shape index (κ2) is 45.1. The maximum absolute atomic E-state index is 12.8. The molecule has 4 N–H and O–H groups in total. The second-order valence-electron chi connectivity index (χ2n) is 17.6. The third-order valence-corrected chi connectivity index (χ3v) is 11.7. The summed E-state index contributed by atoms with van der Waals surface area (Å²) in [5.74, 6) is -0.325. The smallest absolute Gasteiger partial charge is 0.306 e.